The summed E-state index contributed by atoms with van der Waals surface area (Å²) in [5.74, 6) is 6.19. The number of carbonyl (C=O) groups is 2. The largest absolute Gasteiger partial charge is 0.443 e. The van der Waals surface area contributed by atoms with Crippen molar-refractivity contribution in [1.82, 2.24) is 15.0 Å². The zero-order chi connectivity index (χ0) is 36.1. The Labute approximate surface area is 288 Å². The van der Waals surface area contributed by atoms with Crippen LogP contribution in [0.4, 0.5) is 25.5 Å². The van der Waals surface area contributed by atoms with E-state index in [-0.39, 0.29) is 11.6 Å². The Balaban J connectivity index is 1.79. The molecule has 0 aliphatic rings. The van der Waals surface area contributed by atoms with Crippen molar-refractivity contribution >= 4 is 59.6 Å². The molecule has 1 aromatic carbocycles. The number of rotatable bonds is 8. The first-order valence-electron chi connectivity index (χ1n) is 15.7. The van der Waals surface area contributed by atoms with Crippen LogP contribution in [0, 0.1) is 11.8 Å². The van der Waals surface area contributed by atoms with Gasteiger partial charge in [0, 0.05) is 12.7 Å². The maximum absolute atomic E-state index is 14.4. The Morgan fingerprint density at radius 2 is 1.65 bits per heavy atom. The number of thiazole rings is 1. The van der Waals surface area contributed by atoms with Gasteiger partial charge in [-0.15, -0.1) is 11.3 Å². The predicted octanol–water partition coefficient (Wildman–Crippen LogP) is 8.62. The number of ether oxygens (including phenoxy) is 2. The van der Waals surface area contributed by atoms with Crippen LogP contribution >= 0.6 is 11.3 Å². The molecule has 0 saturated carbocycles. The molecule has 3 aromatic rings. The van der Waals surface area contributed by atoms with E-state index in [1.807, 2.05) is 12.1 Å². The molecule has 2 heterocycles. The van der Waals surface area contributed by atoms with Crippen molar-refractivity contribution < 1.29 is 27.9 Å². The smallest absolute Gasteiger partial charge is 0.415 e. The fourth-order valence-corrected chi connectivity index (χ4v) is 6.13. The van der Waals surface area contributed by atoms with E-state index in [2.05, 4.69) is 60.7 Å². The zero-order valence-corrected chi connectivity index (χ0v) is 31.9. The molecule has 1 atom stereocenters. The minimum absolute atomic E-state index is 0.00570. The van der Waals surface area contributed by atoms with Crippen molar-refractivity contribution in [1.29, 1.82) is 0 Å². The first kappa shape index (κ1) is 38.6. The van der Waals surface area contributed by atoms with Crippen LogP contribution in [0.1, 0.15) is 73.0 Å². The van der Waals surface area contributed by atoms with E-state index in [4.69, 9.17) is 13.9 Å². The van der Waals surface area contributed by atoms with E-state index in [0.717, 1.165) is 10.2 Å². The van der Waals surface area contributed by atoms with Gasteiger partial charge in [0.1, 0.15) is 28.6 Å². The predicted molar refractivity (Wildman–Crippen MR) is 194 cm³/mol. The van der Waals surface area contributed by atoms with Crippen LogP contribution in [0.3, 0.4) is 0 Å². The molecule has 0 saturated heterocycles. The third kappa shape index (κ3) is 11.1. The molecule has 3 rings (SSSR count). The Morgan fingerprint density at radius 3 is 2.21 bits per heavy atom. The van der Waals surface area contributed by atoms with Gasteiger partial charge < -0.3 is 13.9 Å². The van der Waals surface area contributed by atoms with Gasteiger partial charge in [-0.1, -0.05) is 26.7 Å². The Morgan fingerprint density at radius 1 is 1.00 bits per heavy atom. The highest BCUT2D eigenvalue weighted by molar-refractivity contribution is 7.19. The SMILES string of the molecule is CN(C(=O)OC(C)(C)C)c1cnc(C#C/C=C/c2nc3ccc(N(CC(CF)O[Si](C)(C)C(C)(C)C)C(=O)OC(C)(C)C)cc3s2)cn1. The normalized spacial score (nSPS) is 13.2. The average molecular weight is 698 g/mol. The fourth-order valence-electron chi connectivity index (χ4n) is 3.90. The van der Waals surface area contributed by atoms with Crippen LogP contribution in [0.15, 0.2) is 36.7 Å². The van der Waals surface area contributed by atoms with Crippen molar-refractivity contribution in [2.24, 2.45) is 0 Å². The lowest BCUT2D eigenvalue weighted by atomic mass is 10.2. The van der Waals surface area contributed by atoms with E-state index >= 15 is 0 Å². The van der Waals surface area contributed by atoms with Crippen molar-refractivity contribution in [3.05, 3.63) is 47.4 Å². The summed E-state index contributed by atoms with van der Waals surface area (Å²) in [6.07, 6.45) is 4.48. The molecule has 2 aromatic heterocycles. The summed E-state index contributed by atoms with van der Waals surface area (Å²) in [4.78, 5) is 41.6. The molecule has 0 fully saturated rings. The quantitative estimate of drug-likeness (QED) is 0.170. The molecule has 0 N–H and O–H groups in total. The van der Waals surface area contributed by atoms with Crippen molar-refractivity contribution in [3.63, 3.8) is 0 Å². The van der Waals surface area contributed by atoms with Gasteiger partial charge in [-0.2, -0.15) is 0 Å². The van der Waals surface area contributed by atoms with Crippen molar-refractivity contribution in [2.75, 3.05) is 30.1 Å². The summed E-state index contributed by atoms with van der Waals surface area (Å²) in [5, 5.41) is 0.592. The van der Waals surface area contributed by atoms with Crippen LogP contribution in [0.2, 0.25) is 18.1 Å². The number of fused-ring (bicyclic) bond motifs is 1. The number of hydrogen-bond acceptors (Lipinski definition) is 9. The number of aromatic nitrogens is 3. The molecular formula is C35H48FN5O5SSi. The summed E-state index contributed by atoms with van der Waals surface area (Å²) < 4.78 is 32.6. The lowest BCUT2D eigenvalue weighted by Gasteiger charge is -2.40. The molecule has 1 unspecified atom stereocenters. The molecule has 10 nitrogen and oxygen atoms in total. The highest BCUT2D eigenvalue weighted by Crippen LogP contribution is 2.38. The number of carbonyl (C=O) groups excluding carboxylic acids is 2. The topological polar surface area (TPSA) is 107 Å². The lowest BCUT2D eigenvalue weighted by molar-refractivity contribution is 0.0549. The highest BCUT2D eigenvalue weighted by Gasteiger charge is 2.40. The standard InChI is InChI=1S/C35H48FN5O5SSi/c1-33(2,3)44-31(42)40(10)29-22-37-24(21-38-29)15-13-14-16-30-39-27-18-17-25(19-28(27)47-30)41(32(43)45-34(4,5)6)23-26(20-36)46-48(11,12)35(7,8)9/h14,16-19,21-22,26H,20,23H2,1-12H3/b16-14+. The van der Waals surface area contributed by atoms with Gasteiger partial charge in [0.15, 0.2) is 14.1 Å². The summed E-state index contributed by atoms with van der Waals surface area (Å²) >= 11 is 1.43. The molecule has 260 valence electrons. The minimum atomic E-state index is -2.31. The summed E-state index contributed by atoms with van der Waals surface area (Å²) in [7, 11) is -0.744. The van der Waals surface area contributed by atoms with E-state index in [1.54, 1.807) is 66.8 Å². The van der Waals surface area contributed by atoms with Crippen LogP contribution < -0.4 is 9.80 Å². The zero-order valence-electron chi connectivity index (χ0n) is 30.1. The third-order valence-electron chi connectivity index (χ3n) is 7.30. The first-order valence-corrected chi connectivity index (χ1v) is 19.4. The number of halogens is 1. The maximum Gasteiger partial charge on any atom is 0.415 e. The van der Waals surface area contributed by atoms with Gasteiger partial charge in [-0.05, 0) is 95.9 Å². The Bertz CT molecular complexity index is 1680. The van der Waals surface area contributed by atoms with Gasteiger partial charge >= 0.3 is 12.2 Å². The molecule has 2 amide bonds. The monoisotopic (exact) mass is 697 g/mol. The molecule has 0 aliphatic carbocycles. The molecule has 0 aliphatic heterocycles. The second-order valence-corrected chi connectivity index (χ2v) is 20.7. The highest BCUT2D eigenvalue weighted by atomic mass is 32.1. The van der Waals surface area contributed by atoms with Crippen LogP contribution in [0.25, 0.3) is 16.3 Å². The van der Waals surface area contributed by atoms with Gasteiger partial charge in [-0.25, -0.2) is 28.9 Å². The van der Waals surface area contributed by atoms with Crippen LogP contribution in [0.5, 0.6) is 0 Å². The first-order chi connectivity index (χ1) is 22.1. The van der Waals surface area contributed by atoms with Crippen molar-refractivity contribution in [3.8, 4) is 11.8 Å². The van der Waals surface area contributed by atoms with Crippen LogP contribution in [-0.4, -0.2) is 73.0 Å². The Kier molecular flexibility index (Phi) is 12.2. The fraction of sp³-hybridized carbons (Fsp3) is 0.514. The van der Waals surface area contributed by atoms with E-state index < -0.39 is 44.5 Å². The van der Waals surface area contributed by atoms with Gasteiger partial charge in [0.25, 0.3) is 0 Å². The summed E-state index contributed by atoms with van der Waals surface area (Å²) in [6.45, 7) is 20.4. The Hall–Kier alpha value is -3.86. The third-order valence-corrected chi connectivity index (χ3v) is 12.8. The number of anilines is 2. The second-order valence-electron chi connectivity index (χ2n) is 14.9. The molecule has 0 bridgehead atoms. The van der Waals surface area contributed by atoms with Gasteiger partial charge in [-0.3, -0.25) is 9.80 Å². The van der Waals surface area contributed by atoms with Crippen LogP contribution in [-0.2, 0) is 13.9 Å². The molecule has 0 radical (unpaired) electrons. The molecule has 0 spiro atoms. The number of amides is 2. The minimum Gasteiger partial charge on any atom is -0.443 e. The number of hydrogen-bond donors (Lipinski definition) is 0. The number of benzene rings is 1. The number of alkyl halides is 1. The molecule has 13 heteroatoms. The second kappa shape index (κ2) is 15.1. The molecule has 48 heavy (non-hydrogen) atoms. The van der Waals surface area contributed by atoms with E-state index in [1.165, 1.54) is 33.5 Å². The lowest BCUT2D eigenvalue weighted by Crippen LogP contribution is -2.49. The van der Waals surface area contributed by atoms with Gasteiger partial charge in [0.05, 0.1) is 35.3 Å². The van der Waals surface area contributed by atoms with Crippen molar-refractivity contribution in [2.45, 2.75) is 97.8 Å². The maximum atomic E-state index is 14.4. The average Bonchev–Trinajstić information content (AvgIpc) is 3.37. The van der Waals surface area contributed by atoms with E-state index in [0.29, 0.717) is 22.2 Å². The molecular weight excluding hydrogens is 650 g/mol. The van der Waals surface area contributed by atoms with Gasteiger partial charge in [0.2, 0.25) is 0 Å². The summed E-state index contributed by atoms with van der Waals surface area (Å²) in [6, 6.07) is 5.46. The number of nitrogens with zero attached hydrogens (tertiary/aromatic N) is 5. The summed E-state index contributed by atoms with van der Waals surface area (Å²) in [5.41, 5.74) is 0.380. The number of allylic oxidation sites excluding steroid dienone is 1. The van der Waals surface area contributed by atoms with E-state index in [9.17, 15) is 14.0 Å².